The highest BCUT2D eigenvalue weighted by Gasteiger charge is 2.25. The second-order valence-corrected chi connectivity index (χ2v) is 10.2. The molecule has 5 N–H and O–H groups in total. The molecule has 232 valence electrons. The number of nitrogens with one attached hydrogen (secondary N) is 3. The number of nitrogens with zero attached hydrogens (tertiary/aromatic N) is 7. The number of pyridine rings is 1. The number of benzene rings is 2. The number of quaternary nitrogens is 1. The summed E-state index contributed by atoms with van der Waals surface area (Å²) in [6.45, 7) is 3.92. The quantitative estimate of drug-likeness (QED) is 0.178. The van der Waals surface area contributed by atoms with Gasteiger partial charge in [0, 0.05) is 62.0 Å². The van der Waals surface area contributed by atoms with E-state index >= 15 is 0 Å². The number of carbonyl (C=O) groups is 3. The summed E-state index contributed by atoms with van der Waals surface area (Å²) in [5, 5.41) is 27.4. The van der Waals surface area contributed by atoms with E-state index in [2.05, 4.69) is 31.1 Å². The first-order chi connectivity index (χ1) is 22.1. The number of hydrogen-bond acceptors (Lipinski definition) is 9. The molecule has 5 aromatic rings. The maximum atomic E-state index is 13.6. The number of rotatable bonds is 9. The van der Waals surface area contributed by atoms with E-state index in [0.717, 1.165) is 4.68 Å². The molecule has 5 rings (SSSR count). The summed E-state index contributed by atoms with van der Waals surface area (Å²) in [6, 6.07) is 18.1. The third-order valence-corrected chi connectivity index (χ3v) is 6.79. The van der Waals surface area contributed by atoms with Gasteiger partial charge in [0.1, 0.15) is 17.3 Å². The van der Waals surface area contributed by atoms with Crippen LogP contribution < -0.4 is 27.0 Å². The SMILES string of the molecule is CCNc1c(C(=O)[NH2+]c2ccc(-n3c(C#N)nn(C)c3=O)cc2)cc(C)nc1C(=O)Nc1cccc(C(=O)Nc2ccn(C)n2)c1. The Hall–Kier alpha value is -6.40. The zero-order valence-corrected chi connectivity index (χ0v) is 25.4. The molecule has 0 atom stereocenters. The molecule has 0 aliphatic rings. The van der Waals surface area contributed by atoms with Crippen LogP contribution >= 0.6 is 0 Å². The van der Waals surface area contributed by atoms with Crippen LogP contribution in [0.1, 0.15) is 49.6 Å². The predicted octanol–water partition coefficient (Wildman–Crippen LogP) is 1.85. The molecule has 3 aromatic heterocycles. The zero-order valence-electron chi connectivity index (χ0n) is 25.4. The molecule has 0 aliphatic heterocycles. The molecule has 0 saturated carbocycles. The standard InChI is InChI=1S/C31H29N11O4/c1-5-33-26-23(29(44)35-20-9-11-22(12-10-20)42-25(17-32)39-41(4)31(42)46)15-18(2)34-27(26)30(45)36-21-8-6-7-19(16-21)28(43)37-24-13-14-40(3)38-24/h6-16,33H,5H2,1-4H3,(H,35,44)(H,36,45)(H,37,38,43)/p+1. The van der Waals surface area contributed by atoms with Gasteiger partial charge in [-0.1, -0.05) is 6.07 Å². The molecule has 3 heterocycles. The van der Waals surface area contributed by atoms with Gasteiger partial charge in [-0.2, -0.15) is 10.4 Å². The second kappa shape index (κ2) is 13.1. The van der Waals surface area contributed by atoms with Crippen molar-refractivity contribution in [1.29, 1.82) is 5.26 Å². The van der Waals surface area contributed by atoms with Gasteiger partial charge in [-0.25, -0.2) is 29.1 Å². The molecule has 0 bridgehead atoms. The molecule has 2 aromatic carbocycles. The van der Waals surface area contributed by atoms with Crippen molar-refractivity contribution in [1.82, 2.24) is 29.1 Å². The maximum Gasteiger partial charge on any atom is 0.351 e. The van der Waals surface area contributed by atoms with Crippen molar-refractivity contribution in [2.24, 2.45) is 14.1 Å². The lowest BCUT2D eigenvalue weighted by molar-refractivity contribution is -0.464. The average Bonchev–Trinajstić information content (AvgIpc) is 3.58. The first kappa shape index (κ1) is 31.0. The van der Waals surface area contributed by atoms with Gasteiger partial charge in [0.15, 0.2) is 11.5 Å². The number of amides is 3. The van der Waals surface area contributed by atoms with Crippen molar-refractivity contribution in [2.45, 2.75) is 13.8 Å². The number of anilines is 3. The largest absolute Gasteiger partial charge is 0.383 e. The van der Waals surface area contributed by atoms with Gasteiger partial charge in [0.05, 0.1) is 11.4 Å². The Morgan fingerprint density at radius 1 is 0.978 bits per heavy atom. The minimum Gasteiger partial charge on any atom is -0.383 e. The highest BCUT2D eigenvalue weighted by molar-refractivity contribution is 6.11. The molecule has 0 unspecified atom stereocenters. The maximum absolute atomic E-state index is 13.6. The summed E-state index contributed by atoms with van der Waals surface area (Å²) in [5.74, 6) is -1.02. The van der Waals surface area contributed by atoms with Crippen LogP contribution in [0.25, 0.3) is 5.69 Å². The van der Waals surface area contributed by atoms with Crippen molar-refractivity contribution in [3.63, 3.8) is 0 Å². The van der Waals surface area contributed by atoms with E-state index in [-0.39, 0.29) is 28.7 Å². The minimum absolute atomic E-state index is 0.0114. The van der Waals surface area contributed by atoms with Gasteiger partial charge in [-0.05, 0) is 50.2 Å². The van der Waals surface area contributed by atoms with Crippen molar-refractivity contribution < 1.29 is 19.7 Å². The number of carbonyl (C=O) groups excluding carboxylic acids is 3. The Bertz CT molecular complexity index is 2070. The first-order valence-electron chi connectivity index (χ1n) is 14.1. The summed E-state index contributed by atoms with van der Waals surface area (Å²) in [7, 11) is 3.19. The highest BCUT2D eigenvalue weighted by atomic mass is 16.2. The van der Waals surface area contributed by atoms with Crippen LogP contribution in [-0.4, -0.2) is 53.4 Å². The average molecular weight is 621 g/mol. The number of primary amides is 1. The summed E-state index contributed by atoms with van der Waals surface area (Å²) in [5.41, 5.74) is 2.10. The molecule has 0 aliphatic carbocycles. The van der Waals surface area contributed by atoms with E-state index in [1.165, 1.54) is 23.0 Å². The molecule has 46 heavy (non-hydrogen) atoms. The molecule has 3 amide bonds. The smallest absolute Gasteiger partial charge is 0.351 e. The van der Waals surface area contributed by atoms with Crippen molar-refractivity contribution in [3.8, 4) is 11.8 Å². The van der Waals surface area contributed by atoms with Gasteiger partial charge < -0.3 is 16.0 Å². The molecule has 0 saturated heterocycles. The second-order valence-electron chi connectivity index (χ2n) is 10.2. The van der Waals surface area contributed by atoms with Gasteiger partial charge in [-0.15, -0.1) is 5.10 Å². The predicted molar refractivity (Wildman–Crippen MR) is 168 cm³/mol. The molecule has 0 spiro atoms. The Balaban J connectivity index is 1.37. The van der Waals surface area contributed by atoms with Crippen LogP contribution in [0.5, 0.6) is 0 Å². The third kappa shape index (κ3) is 6.56. The number of nitrogens with two attached hydrogens (primary N) is 1. The van der Waals surface area contributed by atoms with E-state index in [0.29, 0.717) is 40.7 Å². The van der Waals surface area contributed by atoms with Gasteiger partial charge in [0.2, 0.25) is 5.82 Å². The van der Waals surface area contributed by atoms with Crippen molar-refractivity contribution >= 4 is 40.6 Å². The monoisotopic (exact) mass is 620 g/mol. The first-order valence-corrected chi connectivity index (χ1v) is 14.1. The number of aromatic nitrogens is 6. The van der Waals surface area contributed by atoms with Gasteiger partial charge in [-0.3, -0.25) is 14.3 Å². The molecular weight excluding hydrogens is 590 g/mol. The van der Waals surface area contributed by atoms with E-state index in [9.17, 15) is 24.4 Å². The van der Waals surface area contributed by atoms with Gasteiger partial charge in [0.25, 0.3) is 11.8 Å². The molecule has 0 fully saturated rings. The highest BCUT2D eigenvalue weighted by Crippen LogP contribution is 2.23. The lowest BCUT2D eigenvalue weighted by Crippen LogP contribution is -2.82. The van der Waals surface area contributed by atoms with Crippen LogP contribution in [0.2, 0.25) is 0 Å². The Kier molecular flexibility index (Phi) is 8.82. The summed E-state index contributed by atoms with van der Waals surface area (Å²) in [4.78, 5) is 56.7. The van der Waals surface area contributed by atoms with Crippen molar-refractivity contribution in [3.05, 3.63) is 106 Å². The van der Waals surface area contributed by atoms with Gasteiger partial charge >= 0.3 is 11.6 Å². The summed E-state index contributed by atoms with van der Waals surface area (Å²) in [6.07, 6.45) is 1.70. The fourth-order valence-corrected chi connectivity index (χ4v) is 4.70. The Morgan fingerprint density at radius 3 is 2.41 bits per heavy atom. The Morgan fingerprint density at radius 2 is 1.74 bits per heavy atom. The Labute approximate surface area is 262 Å². The van der Waals surface area contributed by atoms with Crippen molar-refractivity contribution in [2.75, 3.05) is 22.5 Å². The fourth-order valence-electron chi connectivity index (χ4n) is 4.70. The zero-order chi connectivity index (χ0) is 33.0. The molecule has 15 heteroatoms. The lowest BCUT2D eigenvalue weighted by Gasteiger charge is -2.15. The topological polar surface area (TPSA) is 198 Å². The number of aryl methyl sites for hydroxylation is 3. The van der Waals surface area contributed by atoms with Crippen LogP contribution in [-0.2, 0) is 14.1 Å². The number of nitriles is 1. The summed E-state index contributed by atoms with van der Waals surface area (Å²) < 4.78 is 3.81. The van der Waals surface area contributed by atoms with E-state index in [1.54, 1.807) is 79.4 Å². The van der Waals surface area contributed by atoms with Crippen LogP contribution in [0.4, 0.5) is 22.9 Å². The molecule has 0 radical (unpaired) electrons. The van der Waals surface area contributed by atoms with Crippen LogP contribution in [0.15, 0.2) is 71.7 Å². The molecular formula is C31H30N11O4+. The third-order valence-electron chi connectivity index (χ3n) is 6.79. The molecule has 15 nitrogen and oxygen atoms in total. The normalized spacial score (nSPS) is 10.7. The minimum atomic E-state index is -0.574. The fraction of sp³-hybridized carbons (Fsp3) is 0.161. The summed E-state index contributed by atoms with van der Waals surface area (Å²) >= 11 is 0. The van der Waals surface area contributed by atoms with Crippen LogP contribution in [0, 0.1) is 18.3 Å². The van der Waals surface area contributed by atoms with E-state index in [4.69, 9.17) is 0 Å². The number of hydrogen-bond donors (Lipinski definition) is 4. The van der Waals surface area contributed by atoms with E-state index < -0.39 is 17.5 Å². The lowest BCUT2D eigenvalue weighted by atomic mass is 10.1. The van der Waals surface area contributed by atoms with E-state index in [1.807, 2.05) is 13.0 Å². The van der Waals surface area contributed by atoms with Crippen LogP contribution in [0.3, 0.4) is 0 Å².